The molecular formula is C10H7F3N2OS. The Kier molecular flexibility index (Phi) is 2.78. The number of thioether (sulfide) groups is 1. The first-order valence-electron chi connectivity index (χ1n) is 4.53. The van der Waals surface area contributed by atoms with Gasteiger partial charge in [-0.25, -0.2) is 0 Å². The van der Waals surface area contributed by atoms with Crippen LogP contribution in [-0.2, 0) is 4.79 Å². The van der Waals surface area contributed by atoms with Crippen molar-refractivity contribution in [2.24, 2.45) is 0 Å². The summed E-state index contributed by atoms with van der Waals surface area (Å²) >= 11 is 1.04. The molecule has 0 bridgehead atoms. The van der Waals surface area contributed by atoms with Crippen LogP contribution in [-0.4, -0.2) is 12.0 Å². The number of benzene rings is 1. The Labute approximate surface area is 98.9 Å². The number of nitrogens with one attached hydrogen (secondary N) is 1. The minimum absolute atomic E-state index is 0.146. The fraction of sp³-hybridized carbons (Fsp3) is 0.100. The Morgan fingerprint density at radius 2 is 2.12 bits per heavy atom. The van der Waals surface area contributed by atoms with E-state index < -0.39 is 12.0 Å². The van der Waals surface area contributed by atoms with Gasteiger partial charge in [-0.1, -0.05) is 11.8 Å². The van der Waals surface area contributed by atoms with Gasteiger partial charge in [-0.2, -0.15) is 13.2 Å². The summed E-state index contributed by atoms with van der Waals surface area (Å²) in [4.78, 5) is 11.5. The number of hydrogen-bond acceptors (Lipinski definition) is 4. The molecule has 0 saturated carbocycles. The molecule has 90 valence electrons. The van der Waals surface area contributed by atoms with E-state index in [9.17, 15) is 18.0 Å². The van der Waals surface area contributed by atoms with Crippen LogP contribution in [0.1, 0.15) is 0 Å². The highest BCUT2D eigenvalue weighted by Gasteiger charge is 2.37. The number of carbonyl (C=O) groups is 1. The van der Waals surface area contributed by atoms with Crippen LogP contribution >= 0.6 is 11.8 Å². The predicted octanol–water partition coefficient (Wildman–Crippen LogP) is 2.76. The number of nitrogen functional groups attached to an aromatic ring is 1. The number of alkyl halides is 3. The quantitative estimate of drug-likeness (QED) is 0.602. The van der Waals surface area contributed by atoms with Crippen molar-refractivity contribution in [1.82, 2.24) is 0 Å². The van der Waals surface area contributed by atoms with Crippen molar-refractivity contribution in [3.8, 4) is 0 Å². The van der Waals surface area contributed by atoms with Gasteiger partial charge >= 0.3 is 6.18 Å². The molecule has 0 aromatic heterocycles. The van der Waals surface area contributed by atoms with E-state index in [4.69, 9.17) is 5.73 Å². The predicted molar refractivity (Wildman–Crippen MR) is 59.5 cm³/mol. The molecule has 17 heavy (non-hydrogen) atoms. The van der Waals surface area contributed by atoms with Crippen LogP contribution in [0.25, 0.3) is 0 Å². The number of fused-ring (bicyclic) bond motifs is 1. The van der Waals surface area contributed by atoms with E-state index in [1.807, 2.05) is 0 Å². The van der Waals surface area contributed by atoms with Crippen molar-refractivity contribution in [1.29, 1.82) is 0 Å². The second-order valence-corrected chi connectivity index (χ2v) is 4.44. The molecule has 0 atom stereocenters. The van der Waals surface area contributed by atoms with Crippen molar-refractivity contribution in [2.45, 2.75) is 11.1 Å². The zero-order chi connectivity index (χ0) is 12.6. The van der Waals surface area contributed by atoms with Gasteiger partial charge in [0.2, 0.25) is 0 Å². The van der Waals surface area contributed by atoms with Crippen molar-refractivity contribution in [2.75, 3.05) is 11.1 Å². The number of nitrogens with two attached hydrogens (primary N) is 1. The van der Waals surface area contributed by atoms with Crippen molar-refractivity contribution >= 4 is 28.9 Å². The maximum absolute atomic E-state index is 12.0. The first-order chi connectivity index (χ1) is 7.86. The number of allylic oxidation sites excluding steroid dienone is 1. The molecule has 1 aliphatic rings. The summed E-state index contributed by atoms with van der Waals surface area (Å²) in [6, 6.07) is 4.91. The SMILES string of the molecule is Nc1ccc2c(c1)S/C(=C/C(=O)C(F)(F)F)N2. The van der Waals surface area contributed by atoms with Gasteiger partial charge in [-0.05, 0) is 18.2 Å². The molecule has 1 aromatic rings. The average Bonchev–Trinajstić information content (AvgIpc) is 2.57. The van der Waals surface area contributed by atoms with E-state index in [1.165, 1.54) is 0 Å². The highest BCUT2D eigenvalue weighted by molar-refractivity contribution is 8.03. The molecule has 2 rings (SSSR count). The monoisotopic (exact) mass is 260 g/mol. The lowest BCUT2D eigenvalue weighted by molar-refractivity contribution is -0.165. The lowest BCUT2D eigenvalue weighted by atomic mass is 10.3. The van der Waals surface area contributed by atoms with Gasteiger partial charge in [0.25, 0.3) is 5.78 Å². The maximum atomic E-state index is 12.0. The molecule has 1 heterocycles. The highest BCUT2D eigenvalue weighted by Crippen LogP contribution is 2.42. The summed E-state index contributed by atoms with van der Waals surface area (Å²) in [7, 11) is 0. The number of halogens is 3. The van der Waals surface area contributed by atoms with Gasteiger partial charge in [0, 0.05) is 16.7 Å². The molecule has 3 nitrogen and oxygen atoms in total. The Hall–Kier alpha value is -1.63. The Morgan fingerprint density at radius 1 is 1.41 bits per heavy atom. The van der Waals surface area contributed by atoms with Gasteiger partial charge in [-0.3, -0.25) is 4.79 Å². The third-order valence-electron chi connectivity index (χ3n) is 2.03. The molecule has 3 N–H and O–H groups in total. The summed E-state index contributed by atoms with van der Waals surface area (Å²) in [5.74, 6) is -1.88. The van der Waals surface area contributed by atoms with Crippen LogP contribution in [0.4, 0.5) is 24.5 Å². The van der Waals surface area contributed by atoms with Crippen LogP contribution < -0.4 is 11.1 Å². The first kappa shape index (κ1) is 11.8. The summed E-state index contributed by atoms with van der Waals surface area (Å²) in [6.45, 7) is 0. The molecule has 1 aromatic carbocycles. The van der Waals surface area contributed by atoms with Crippen LogP contribution in [0.2, 0.25) is 0 Å². The van der Waals surface area contributed by atoms with Crippen LogP contribution in [0.15, 0.2) is 34.2 Å². The molecule has 0 aliphatic carbocycles. The van der Waals surface area contributed by atoms with Crippen LogP contribution in [0.5, 0.6) is 0 Å². The molecular weight excluding hydrogens is 253 g/mol. The lowest BCUT2D eigenvalue weighted by Gasteiger charge is -2.01. The maximum Gasteiger partial charge on any atom is 0.454 e. The van der Waals surface area contributed by atoms with Crippen molar-refractivity contribution in [3.05, 3.63) is 29.3 Å². The topological polar surface area (TPSA) is 55.1 Å². The van der Waals surface area contributed by atoms with E-state index in [-0.39, 0.29) is 5.03 Å². The zero-order valence-corrected chi connectivity index (χ0v) is 9.15. The lowest BCUT2D eigenvalue weighted by Crippen LogP contribution is -2.20. The second kappa shape index (κ2) is 3.99. The zero-order valence-electron chi connectivity index (χ0n) is 8.34. The van der Waals surface area contributed by atoms with E-state index in [2.05, 4.69) is 5.32 Å². The minimum atomic E-state index is -4.84. The van der Waals surface area contributed by atoms with Crippen LogP contribution in [0, 0.1) is 0 Å². The molecule has 0 radical (unpaired) electrons. The smallest absolute Gasteiger partial charge is 0.399 e. The number of hydrogen-bond donors (Lipinski definition) is 2. The highest BCUT2D eigenvalue weighted by atomic mass is 32.2. The van der Waals surface area contributed by atoms with E-state index in [1.54, 1.807) is 18.2 Å². The normalized spacial score (nSPS) is 16.8. The van der Waals surface area contributed by atoms with Gasteiger partial charge in [-0.15, -0.1) is 0 Å². The van der Waals surface area contributed by atoms with E-state index >= 15 is 0 Å². The number of carbonyl (C=O) groups excluding carboxylic acids is 1. The van der Waals surface area contributed by atoms with Gasteiger partial charge in [0.05, 0.1) is 10.7 Å². The third-order valence-corrected chi connectivity index (χ3v) is 3.02. The molecule has 0 unspecified atom stereocenters. The Balaban J connectivity index is 2.21. The standard InChI is InChI=1S/C10H7F3N2OS/c11-10(12,13)8(16)4-9-15-6-2-1-5(14)3-7(6)17-9/h1-4,15H,14H2/b9-4+. The average molecular weight is 260 g/mol. The van der Waals surface area contributed by atoms with E-state index in [0.717, 1.165) is 11.8 Å². The van der Waals surface area contributed by atoms with Gasteiger partial charge < -0.3 is 11.1 Å². The summed E-state index contributed by atoms with van der Waals surface area (Å²) in [6.07, 6.45) is -4.30. The molecule has 0 saturated heterocycles. The second-order valence-electron chi connectivity index (χ2n) is 3.35. The largest absolute Gasteiger partial charge is 0.454 e. The number of anilines is 2. The Morgan fingerprint density at radius 3 is 2.76 bits per heavy atom. The minimum Gasteiger partial charge on any atom is -0.399 e. The Bertz CT molecular complexity index is 511. The fourth-order valence-electron chi connectivity index (χ4n) is 1.27. The molecule has 0 amide bonds. The van der Waals surface area contributed by atoms with Crippen LogP contribution in [0.3, 0.4) is 0 Å². The molecule has 7 heteroatoms. The van der Waals surface area contributed by atoms with Gasteiger partial charge in [0.1, 0.15) is 0 Å². The third kappa shape index (κ3) is 2.55. The van der Waals surface area contributed by atoms with Crippen molar-refractivity contribution in [3.63, 3.8) is 0 Å². The molecule has 1 aliphatic heterocycles. The van der Waals surface area contributed by atoms with E-state index in [0.29, 0.717) is 22.3 Å². The number of ketones is 1. The fourth-order valence-corrected chi connectivity index (χ4v) is 2.26. The summed E-state index contributed by atoms with van der Waals surface area (Å²) < 4.78 is 36.1. The summed E-state index contributed by atoms with van der Waals surface area (Å²) in [5.41, 5.74) is 6.70. The molecule has 0 spiro atoms. The van der Waals surface area contributed by atoms with Gasteiger partial charge in [0.15, 0.2) is 0 Å². The summed E-state index contributed by atoms with van der Waals surface area (Å²) in [5, 5.41) is 2.86. The van der Waals surface area contributed by atoms with Crippen molar-refractivity contribution < 1.29 is 18.0 Å². The number of rotatable bonds is 1. The first-order valence-corrected chi connectivity index (χ1v) is 5.35. The molecule has 0 fully saturated rings.